The van der Waals surface area contributed by atoms with Crippen LogP contribution in [0.5, 0.6) is 0 Å². The van der Waals surface area contributed by atoms with E-state index in [9.17, 15) is 4.39 Å². The number of nitrogens with two attached hydrogens (primary N) is 1. The number of hydrogen-bond acceptors (Lipinski definition) is 2. The summed E-state index contributed by atoms with van der Waals surface area (Å²) < 4.78 is 13.0. The van der Waals surface area contributed by atoms with Crippen LogP contribution in [0.25, 0.3) is 0 Å². The first-order chi connectivity index (χ1) is 10.2. The number of rotatable bonds is 5. The molecule has 0 bridgehead atoms. The molecule has 1 heterocycles. The highest BCUT2D eigenvalue weighted by atomic mass is 19.1. The SMILES string of the molecule is NC(CCN1CCCC1C1CCCC1)c1ccc(F)cc1. The average molecular weight is 290 g/mol. The highest BCUT2D eigenvalue weighted by Gasteiger charge is 2.32. The molecule has 2 aliphatic rings. The van der Waals surface area contributed by atoms with Crippen LogP contribution in [0.4, 0.5) is 4.39 Å². The fraction of sp³-hybridized carbons (Fsp3) is 0.667. The molecule has 0 spiro atoms. The Labute approximate surface area is 127 Å². The van der Waals surface area contributed by atoms with Gasteiger partial charge in [-0.05, 0) is 62.3 Å². The molecule has 0 aromatic heterocycles. The maximum Gasteiger partial charge on any atom is 0.123 e. The maximum atomic E-state index is 13.0. The van der Waals surface area contributed by atoms with Gasteiger partial charge in [0.25, 0.3) is 0 Å². The lowest BCUT2D eigenvalue weighted by molar-refractivity contribution is 0.185. The van der Waals surface area contributed by atoms with Gasteiger partial charge in [-0.1, -0.05) is 25.0 Å². The topological polar surface area (TPSA) is 29.3 Å². The molecule has 0 radical (unpaired) electrons. The standard InChI is InChI=1S/C18H27FN2/c19-16-9-7-14(8-10-16)17(20)11-13-21-12-3-6-18(21)15-4-1-2-5-15/h7-10,15,17-18H,1-6,11-13,20H2. The number of nitrogens with zero attached hydrogens (tertiary/aromatic N) is 1. The van der Waals surface area contributed by atoms with E-state index in [0.29, 0.717) is 0 Å². The minimum Gasteiger partial charge on any atom is -0.324 e. The summed E-state index contributed by atoms with van der Waals surface area (Å²) in [6.45, 7) is 2.32. The maximum absolute atomic E-state index is 13.0. The highest BCUT2D eigenvalue weighted by molar-refractivity contribution is 5.19. The fourth-order valence-corrected chi connectivity index (χ4v) is 4.19. The van der Waals surface area contributed by atoms with Gasteiger partial charge in [0.05, 0.1) is 0 Å². The van der Waals surface area contributed by atoms with Gasteiger partial charge >= 0.3 is 0 Å². The van der Waals surface area contributed by atoms with Gasteiger partial charge in [0.2, 0.25) is 0 Å². The van der Waals surface area contributed by atoms with Crippen molar-refractivity contribution in [2.24, 2.45) is 11.7 Å². The molecular weight excluding hydrogens is 263 g/mol. The van der Waals surface area contributed by atoms with Gasteiger partial charge in [-0.3, -0.25) is 0 Å². The minimum absolute atomic E-state index is 0.0235. The molecule has 116 valence electrons. The van der Waals surface area contributed by atoms with Gasteiger partial charge in [-0.15, -0.1) is 0 Å². The average Bonchev–Trinajstić information content (AvgIpc) is 3.16. The first kappa shape index (κ1) is 15.0. The second-order valence-electron chi connectivity index (χ2n) is 6.74. The largest absolute Gasteiger partial charge is 0.324 e. The molecule has 2 N–H and O–H groups in total. The summed E-state index contributed by atoms with van der Waals surface area (Å²) >= 11 is 0. The van der Waals surface area contributed by atoms with Crippen molar-refractivity contribution in [3.8, 4) is 0 Å². The Morgan fingerprint density at radius 1 is 1.10 bits per heavy atom. The zero-order valence-corrected chi connectivity index (χ0v) is 12.8. The Kier molecular flexibility index (Phi) is 4.91. The van der Waals surface area contributed by atoms with Gasteiger partial charge in [-0.25, -0.2) is 4.39 Å². The van der Waals surface area contributed by atoms with Crippen molar-refractivity contribution in [3.05, 3.63) is 35.6 Å². The number of halogens is 1. The van der Waals surface area contributed by atoms with Crippen LogP contribution >= 0.6 is 0 Å². The summed E-state index contributed by atoms with van der Waals surface area (Å²) in [7, 11) is 0. The van der Waals surface area contributed by atoms with E-state index in [-0.39, 0.29) is 11.9 Å². The molecule has 2 unspecified atom stereocenters. The predicted molar refractivity (Wildman–Crippen MR) is 84.5 cm³/mol. The second kappa shape index (κ2) is 6.89. The Hall–Kier alpha value is -0.930. The molecule has 1 aromatic carbocycles. The zero-order valence-electron chi connectivity index (χ0n) is 12.8. The van der Waals surface area contributed by atoms with Crippen LogP contribution in [0.15, 0.2) is 24.3 Å². The van der Waals surface area contributed by atoms with Gasteiger partial charge in [-0.2, -0.15) is 0 Å². The van der Waals surface area contributed by atoms with E-state index >= 15 is 0 Å². The fourth-order valence-electron chi connectivity index (χ4n) is 4.19. The van der Waals surface area contributed by atoms with Crippen LogP contribution in [0.3, 0.4) is 0 Å². The number of hydrogen-bond donors (Lipinski definition) is 1. The smallest absolute Gasteiger partial charge is 0.123 e. The van der Waals surface area contributed by atoms with E-state index in [2.05, 4.69) is 4.90 Å². The summed E-state index contributed by atoms with van der Waals surface area (Å²) in [6, 6.07) is 7.47. The highest BCUT2D eigenvalue weighted by Crippen LogP contribution is 2.35. The van der Waals surface area contributed by atoms with Crippen molar-refractivity contribution < 1.29 is 4.39 Å². The molecule has 3 rings (SSSR count). The lowest BCUT2D eigenvalue weighted by Gasteiger charge is -2.30. The summed E-state index contributed by atoms with van der Waals surface area (Å²) in [5.74, 6) is 0.737. The van der Waals surface area contributed by atoms with Crippen molar-refractivity contribution in [3.63, 3.8) is 0 Å². The molecule has 21 heavy (non-hydrogen) atoms. The predicted octanol–water partition coefficient (Wildman–Crippen LogP) is 3.87. The van der Waals surface area contributed by atoms with E-state index in [0.717, 1.165) is 30.5 Å². The first-order valence-corrected chi connectivity index (χ1v) is 8.49. The molecule has 1 aromatic rings. The van der Waals surface area contributed by atoms with Crippen LogP contribution in [0, 0.1) is 11.7 Å². The Morgan fingerprint density at radius 3 is 2.52 bits per heavy atom. The normalized spacial score (nSPS) is 25.5. The van der Waals surface area contributed by atoms with Gasteiger partial charge in [0, 0.05) is 18.6 Å². The number of likely N-dealkylation sites (tertiary alicyclic amines) is 1. The Balaban J connectivity index is 1.52. The lowest BCUT2D eigenvalue weighted by Crippen LogP contribution is -2.36. The third-order valence-corrected chi connectivity index (χ3v) is 5.38. The minimum atomic E-state index is -0.188. The monoisotopic (exact) mass is 290 g/mol. The lowest BCUT2D eigenvalue weighted by atomic mass is 9.95. The third-order valence-electron chi connectivity index (χ3n) is 5.38. The Bertz CT molecular complexity index is 439. The van der Waals surface area contributed by atoms with Crippen molar-refractivity contribution in [1.29, 1.82) is 0 Å². The van der Waals surface area contributed by atoms with Crippen molar-refractivity contribution in [2.75, 3.05) is 13.1 Å². The quantitative estimate of drug-likeness (QED) is 0.892. The van der Waals surface area contributed by atoms with Gasteiger partial charge in [0.15, 0.2) is 0 Å². The van der Waals surface area contributed by atoms with Crippen LogP contribution in [-0.2, 0) is 0 Å². The summed E-state index contributed by atoms with van der Waals surface area (Å²) in [5, 5.41) is 0. The Morgan fingerprint density at radius 2 is 1.81 bits per heavy atom. The van der Waals surface area contributed by atoms with Crippen molar-refractivity contribution >= 4 is 0 Å². The van der Waals surface area contributed by atoms with Gasteiger partial charge < -0.3 is 10.6 Å². The molecule has 2 nitrogen and oxygen atoms in total. The van der Waals surface area contributed by atoms with E-state index in [1.807, 2.05) is 12.1 Å². The second-order valence-corrected chi connectivity index (χ2v) is 6.74. The number of benzene rings is 1. The van der Waals surface area contributed by atoms with Crippen LogP contribution in [-0.4, -0.2) is 24.0 Å². The summed E-state index contributed by atoms with van der Waals surface area (Å²) in [5.41, 5.74) is 7.32. The molecule has 2 fully saturated rings. The molecular formula is C18H27FN2. The van der Waals surface area contributed by atoms with E-state index in [1.54, 1.807) is 0 Å². The van der Waals surface area contributed by atoms with Crippen LogP contribution < -0.4 is 5.73 Å². The van der Waals surface area contributed by atoms with Crippen LogP contribution in [0.2, 0.25) is 0 Å². The van der Waals surface area contributed by atoms with Crippen molar-refractivity contribution in [2.45, 2.75) is 57.0 Å². The molecule has 1 saturated carbocycles. The molecule has 1 aliphatic heterocycles. The summed E-state index contributed by atoms with van der Waals surface area (Å²) in [4.78, 5) is 2.67. The molecule has 1 saturated heterocycles. The van der Waals surface area contributed by atoms with E-state index in [4.69, 9.17) is 5.73 Å². The molecule has 3 heteroatoms. The molecule has 2 atom stereocenters. The van der Waals surface area contributed by atoms with E-state index in [1.165, 1.54) is 57.2 Å². The van der Waals surface area contributed by atoms with Crippen LogP contribution in [0.1, 0.15) is 56.6 Å². The van der Waals surface area contributed by atoms with Gasteiger partial charge in [0.1, 0.15) is 5.82 Å². The van der Waals surface area contributed by atoms with Crippen molar-refractivity contribution in [1.82, 2.24) is 4.90 Å². The summed E-state index contributed by atoms with van der Waals surface area (Å²) in [6.07, 6.45) is 9.36. The first-order valence-electron chi connectivity index (χ1n) is 8.49. The third kappa shape index (κ3) is 3.64. The molecule has 1 aliphatic carbocycles. The molecule has 0 amide bonds. The zero-order chi connectivity index (χ0) is 14.7. The van der Waals surface area contributed by atoms with E-state index < -0.39 is 0 Å².